The third-order valence-electron chi connectivity index (χ3n) is 4.04. The minimum absolute atomic E-state index is 0.0163. The van der Waals surface area contributed by atoms with Crippen molar-refractivity contribution < 1.29 is 4.79 Å². The van der Waals surface area contributed by atoms with E-state index in [9.17, 15) is 4.79 Å². The highest BCUT2D eigenvalue weighted by atomic mass is 79.9. The van der Waals surface area contributed by atoms with Gasteiger partial charge in [-0.15, -0.1) is 0 Å². The Morgan fingerprint density at radius 1 is 1.35 bits per heavy atom. The summed E-state index contributed by atoms with van der Waals surface area (Å²) in [6.45, 7) is 0. The molecule has 0 aromatic carbocycles. The van der Waals surface area contributed by atoms with Gasteiger partial charge >= 0.3 is 0 Å². The average Bonchev–Trinajstić information content (AvgIpc) is 2.91. The molecule has 1 heterocycles. The van der Waals surface area contributed by atoms with Crippen molar-refractivity contribution in [1.82, 2.24) is 10.3 Å². The van der Waals surface area contributed by atoms with Gasteiger partial charge in [0.1, 0.15) is 4.60 Å². The first-order chi connectivity index (χ1) is 8.22. The highest BCUT2D eigenvalue weighted by molar-refractivity contribution is 9.10. The third kappa shape index (κ3) is 2.23. The van der Waals surface area contributed by atoms with Gasteiger partial charge < -0.3 is 5.32 Å². The summed E-state index contributed by atoms with van der Waals surface area (Å²) in [5, 5.41) is 3.15. The van der Waals surface area contributed by atoms with Gasteiger partial charge in [-0.1, -0.05) is 6.42 Å². The molecule has 4 heteroatoms. The molecule has 3 unspecified atom stereocenters. The van der Waals surface area contributed by atoms with Crippen LogP contribution in [0.3, 0.4) is 0 Å². The second-order valence-corrected chi connectivity index (χ2v) is 5.94. The number of hydrogen-bond acceptors (Lipinski definition) is 2. The maximum atomic E-state index is 12.0. The van der Waals surface area contributed by atoms with Crippen LogP contribution in [0.25, 0.3) is 0 Å². The number of nitrogens with zero attached hydrogens (tertiary/aromatic N) is 1. The number of carbonyl (C=O) groups is 1. The lowest BCUT2D eigenvalue weighted by Crippen LogP contribution is -2.38. The summed E-state index contributed by atoms with van der Waals surface area (Å²) in [5.74, 6) is 1.59. The molecule has 0 radical (unpaired) electrons. The van der Waals surface area contributed by atoms with Crippen molar-refractivity contribution in [1.29, 1.82) is 0 Å². The van der Waals surface area contributed by atoms with E-state index in [0.29, 0.717) is 17.5 Å². The van der Waals surface area contributed by atoms with E-state index >= 15 is 0 Å². The Bertz CT molecular complexity index is 432. The molecule has 2 aliphatic rings. The van der Waals surface area contributed by atoms with Crippen LogP contribution < -0.4 is 5.32 Å². The van der Waals surface area contributed by atoms with Crippen LogP contribution in [0.1, 0.15) is 36.0 Å². The van der Waals surface area contributed by atoms with Crippen LogP contribution in [0.4, 0.5) is 0 Å². The highest BCUT2D eigenvalue weighted by Gasteiger charge is 2.40. The van der Waals surface area contributed by atoms with Crippen LogP contribution in [0.2, 0.25) is 0 Å². The summed E-state index contributed by atoms with van der Waals surface area (Å²) in [4.78, 5) is 16.1. The zero-order valence-corrected chi connectivity index (χ0v) is 11.1. The van der Waals surface area contributed by atoms with E-state index in [4.69, 9.17) is 0 Å². The van der Waals surface area contributed by atoms with Crippen LogP contribution in [-0.4, -0.2) is 16.9 Å². The van der Waals surface area contributed by atoms with Crippen molar-refractivity contribution in [3.8, 4) is 0 Å². The first-order valence-corrected chi connectivity index (χ1v) is 6.94. The topological polar surface area (TPSA) is 42.0 Å². The summed E-state index contributed by atoms with van der Waals surface area (Å²) in [6.07, 6.45) is 6.74. The predicted molar refractivity (Wildman–Crippen MR) is 68.6 cm³/mol. The Labute approximate surface area is 109 Å². The Balaban J connectivity index is 1.65. The van der Waals surface area contributed by atoms with Crippen LogP contribution >= 0.6 is 15.9 Å². The van der Waals surface area contributed by atoms with E-state index < -0.39 is 0 Å². The van der Waals surface area contributed by atoms with Crippen LogP contribution in [0, 0.1) is 11.8 Å². The van der Waals surface area contributed by atoms with Gasteiger partial charge in [0.15, 0.2) is 0 Å². The maximum absolute atomic E-state index is 12.0. The Hall–Kier alpha value is -0.900. The smallest absolute Gasteiger partial charge is 0.253 e. The molecule has 0 saturated heterocycles. The zero-order chi connectivity index (χ0) is 11.8. The fraction of sp³-hybridized carbons (Fsp3) is 0.538. The lowest BCUT2D eigenvalue weighted by molar-refractivity contribution is 0.0922. The summed E-state index contributed by atoms with van der Waals surface area (Å²) < 4.78 is 0.758. The number of pyridine rings is 1. The normalized spacial score (nSPS) is 30.5. The molecule has 17 heavy (non-hydrogen) atoms. The van der Waals surface area contributed by atoms with Crippen LogP contribution in [-0.2, 0) is 0 Å². The number of hydrogen-bond donors (Lipinski definition) is 1. The minimum Gasteiger partial charge on any atom is -0.349 e. The fourth-order valence-electron chi connectivity index (χ4n) is 3.18. The number of nitrogens with one attached hydrogen (secondary N) is 1. The fourth-order valence-corrected chi connectivity index (χ4v) is 3.42. The summed E-state index contributed by atoms with van der Waals surface area (Å²) in [5.41, 5.74) is 0.649. The van der Waals surface area contributed by atoms with E-state index in [2.05, 4.69) is 26.2 Å². The van der Waals surface area contributed by atoms with Gasteiger partial charge in [0, 0.05) is 12.2 Å². The van der Waals surface area contributed by atoms with E-state index in [-0.39, 0.29) is 5.91 Å². The molecule has 1 N–H and O–H groups in total. The van der Waals surface area contributed by atoms with E-state index in [0.717, 1.165) is 10.5 Å². The molecule has 3 nitrogen and oxygen atoms in total. The monoisotopic (exact) mass is 294 g/mol. The maximum Gasteiger partial charge on any atom is 0.253 e. The quantitative estimate of drug-likeness (QED) is 0.852. The standard InChI is InChI=1S/C13H15BrN2O/c14-12-4-3-10(7-15-12)13(17)16-11-6-8-1-2-9(11)5-8/h3-4,7-9,11H,1-2,5-6H2,(H,16,17). The van der Waals surface area contributed by atoms with Crippen LogP contribution in [0.15, 0.2) is 22.9 Å². The molecule has 1 aromatic rings. The first-order valence-electron chi connectivity index (χ1n) is 6.15. The molecule has 2 aliphatic carbocycles. The summed E-state index contributed by atoms with van der Waals surface area (Å²) in [7, 11) is 0. The van der Waals surface area contributed by atoms with E-state index in [1.54, 1.807) is 18.3 Å². The summed E-state index contributed by atoms with van der Waals surface area (Å²) in [6, 6.07) is 4.00. The molecule has 2 saturated carbocycles. The second-order valence-electron chi connectivity index (χ2n) is 5.12. The molecular formula is C13H15BrN2O. The van der Waals surface area contributed by atoms with Crippen molar-refractivity contribution >= 4 is 21.8 Å². The van der Waals surface area contributed by atoms with E-state index in [1.807, 2.05) is 0 Å². The molecule has 3 atom stereocenters. The molecular weight excluding hydrogens is 280 g/mol. The largest absolute Gasteiger partial charge is 0.349 e. The molecule has 0 spiro atoms. The number of halogens is 1. The minimum atomic E-state index is 0.0163. The molecule has 1 aromatic heterocycles. The van der Waals surface area contributed by atoms with Crippen molar-refractivity contribution in [2.24, 2.45) is 11.8 Å². The molecule has 2 bridgehead atoms. The highest BCUT2D eigenvalue weighted by Crippen LogP contribution is 2.44. The Kier molecular flexibility index (Phi) is 2.90. The SMILES string of the molecule is O=C(NC1CC2CCC1C2)c1ccc(Br)nc1. The lowest BCUT2D eigenvalue weighted by Gasteiger charge is -2.22. The number of aromatic nitrogens is 1. The third-order valence-corrected chi connectivity index (χ3v) is 4.51. The Morgan fingerprint density at radius 3 is 2.82 bits per heavy atom. The van der Waals surface area contributed by atoms with Crippen molar-refractivity contribution in [2.75, 3.05) is 0 Å². The second kappa shape index (κ2) is 4.41. The van der Waals surface area contributed by atoms with Gasteiger partial charge in [0.2, 0.25) is 0 Å². The van der Waals surface area contributed by atoms with Gasteiger partial charge in [-0.3, -0.25) is 4.79 Å². The summed E-state index contributed by atoms with van der Waals surface area (Å²) >= 11 is 3.27. The van der Waals surface area contributed by atoms with Gasteiger partial charge in [0.05, 0.1) is 5.56 Å². The molecule has 0 aliphatic heterocycles. The molecule has 1 amide bonds. The van der Waals surface area contributed by atoms with Gasteiger partial charge in [0.25, 0.3) is 5.91 Å². The molecule has 90 valence electrons. The Morgan fingerprint density at radius 2 is 2.24 bits per heavy atom. The predicted octanol–water partition coefficient (Wildman–Crippen LogP) is 2.76. The average molecular weight is 295 g/mol. The van der Waals surface area contributed by atoms with E-state index in [1.165, 1.54) is 25.7 Å². The number of rotatable bonds is 2. The number of amides is 1. The number of carbonyl (C=O) groups excluding carboxylic acids is 1. The zero-order valence-electron chi connectivity index (χ0n) is 9.53. The van der Waals surface area contributed by atoms with Gasteiger partial charge in [-0.25, -0.2) is 4.98 Å². The van der Waals surface area contributed by atoms with Crippen molar-refractivity contribution in [2.45, 2.75) is 31.7 Å². The number of fused-ring (bicyclic) bond motifs is 2. The molecule has 2 fully saturated rings. The van der Waals surface area contributed by atoms with Crippen molar-refractivity contribution in [3.05, 3.63) is 28.5 Å². The lowest BCUT2D eigenvalue weighted by atomic mass is 9.95. The van der Waals surface area contributed by atoms with Gasteiger partial charge in [-0.2, -0.15) is 0 Å². The van der Waals surface area contributed by atoms with Gasteiger partial charge in [-0.05, 0) is 59.2 Å². The van der Waals surface area contributed by atoms with Crippen molar-refractivity contribution in [3.63, 3.8) is 0 Å². The molecule has 3 rings (SSSR count). The van der Waals surface area contributed by atoms with Crippen LogP contribution in [0.5, 0.6) is 0 Å². The first kappa shape index (κ1) is 11.2.